The van der Waals surface area contributed by atoms with Crippen LogP contribution in [-0.4, -0.2) is 67.1 Å². The van der Waals surface area contributed by atoms with Crippen LogP contribution in [0, 0.1) is 0 Å². The first-order valence-corrected chi connectivity index (χ1v) is 7.61. The summed E-state index contributed by atoms with van der Waals surface area (Å²) in [5.74, 6) is 0.173. The van der Waals surface area contributed by atoms with E-state index in [1.54, 1.807) is 0 Å². The smallest absolute Gasteiger partial charge is 0.228 e. The van der Waals surface area contributed by atoms with Crippen molar-refractivity contribution in [2.75, 3.05) is 39.3 Å². The number of hydrogen-bond donors (Lipinski definition) is 1. The minimum atomic E-state index is 0.00475. The van der Waals surface area contributed by atoms with E-state index in [2.05, 4.69) is 21.3 Å². The summed E-state index contributed by atoms with van der Waals surface area (Å²) in [5, 5.41) is 2.80. The number of carbonyl (C=O) groups is 2. The van der Waals surface area contributed by atoms with Gasteiger partial charge in [0, 0.05) is 58.1 Å². The summed E-state index contributed by atoms with van der Waals surface area (Å²) in [5.41, 5.74) is 0.902. The molecule has 0 aromatic rings. The predicted molar refractivity (Wildman–Crippen MR) is 82.1 cm³/mol. The summed E-state index contributed by atoms with van der Waals surface area (Å²) in [6.45, 7) is 6.30. The summed E-state index contributed by atoms with van der Waals surface area (Å²) in [6.07, 6.45) is 6.33. The predicted octanol–water partition coefficient (Wildman–Crippen LogP) is 0.405. The molecule has 0 radical (unpaired) electrons. The van der Waals surface area contributed by atoms with Crippen molar-refractivity contribution in [3.05, 3.63) is 11.8 Å². The zero-order chi connectivity index (χ0) is 15.1. The Balaban J connectivity index is 1.68. The van der Waals surface area contributed by atoms with E-state index in [1.807, 2.05) is 11.1 Å². The maximum atomic E-state index is 12.2. The van der Waals surface area contributed by atoms with E-state index in [9.17, 15) is 9.59 Å². The molecule has 1 saturated heterocycles. The molecule has 116 valence electrons. The second kappa shape index (κ2) is 7.93. The number of nitrogens with zero attached hydrogens (tertiary/aromatic N) is 3. The fourth-order valence-electron chi connectivity index (χ4n) is 2.55. The molecule has 0 bridgehead atoms. The first-order valence-electron chi connectivity index (χ1n) is 7.61. The molecule has 0 aromatic heterocycles. The molecule has 1 N–H and O–H groups in total. The van der Waals surface area contributed by atoms with E-state index >= 15 is 0 Å². The van der Waals surface area contributed by atoms with E-state index < -0.39 is 0 Å². The number of piperazine rings is 1. The van der Waals surface area contributed by atoms with Crippen molar-refractivity contribution >= 4 is 18.0 Å². The van der Waals surface area contributed by atoms with Crippen LogP contribution in [0.2, 0.25) is 0 Å². The van der Waals surface area contributed by atoms with Gasteiger partial charge < -0.3 is 10.2 Å². The first kappa shape index (κ1) is 15.7. The molecule has 2 rings (SSSR count). The third-order valence-electron chi connectivity index (χ3n) is 3.79. The fourth-order valence-corrected chi connectivity index (χ4v) is 2.55. The molecular formula is C15H24N4O2. The third kappa shape index (κ3) is 5.30. The Morgan fingerprint density at radius 2 is 2.00 bits per heavy atom. The highest BCUT2D eigenvalue weighted by Gasteiger charge is 2.21. The molecule has 2 amide bonds. The molecule has 0 aliphatic carbocycles. The molecule has 6 heteroatoms. The molecule has 0 aromatic carbocycles. The van der Waals surface area contributed by atoms with Crippen molar-refractivity contribution in [2.24, 2.45) is 4.99 Å². The van der Waals surface area contributed by atoms with E-state index in [0.29, 0.717) is 13.0 Å². The van der Waals surface area contributed by atoms with Crippen LogP contribution >= 0.6 is 0 Å². The van der Waals surface area contributed by atoms with Crippen LogP contribution in [0.15, 0.2) is 16.8 Å². The lowest BCUT2D eigenvalue weighted by atomic mass is 10.1. The number of amides is 2. The molecule has 2 aliphatic heterocycles. The Kier molecular flexibility index (Phi) is 5.92. The van der Waals surface area contributed by atoms with Gasteiger partial charge in [0.25, 0.3) is 0 Å². The van der Waals surface area contributed by atoms with Gasteiger partial charge in [0.05, 0.1) is 6.42 Å². The average molecular weight is 292 g/mol. The van der Waals surface area contributed by atoms with Gasteiger partial charge in [-0.05, 0) is 12.8 Å². The van der Waals surface area contributed by atoms with E-state index in [0.717, 1.165) is 51.3 Å². The average Bonchev–Trinajstić information content (AvgIpc) is 2.48. The van der Waals surface area contributed by atoms with E-state index in [4.69, 9.17) is 0 Å². The van der Waals surface area contributed by atoms with Crippen LogP contribution in [0.3, 0.4) is 0 Å². The molecule has 21 heavy (non-hydrogen) atoms. The molecular weight excluding hydrogens is 268 g/mol. The SMILES string of the molecule is CC(=O)NCCN1CCN(C(=O)CC2=CCCC=N2)CC1. The van der Waals surface area contributed by atoms with Crippen LogP contribution in [0.5, 0.6) is 0 Å². The van der Waals surface area contributed by atoms with Crippen LogP contribution in [0.25, 0.3) is 0 Å². The van der Waals surface area contributed by atoms with Crippen molar-refractivity contribution < 1.29 is 9.59 Å². The molecule has 0 spiro atoms. The van der Waals surface area contributed by atoms with Gasteiger partial charge in [-0.3, -0.25) is 19.5 Å². The summed E-state index contributed by atoms with van der Waals surface area (Å²) in [6, 6.07) is 0. The van der Waals surface area contributed by atoms with Crippen LogP contribution < -0.4 is 5.32 Å². The molecule has 0 saturated carbocycles. The fraction of sp³-hybridized carbons (Fsp3) is 0.667. The largest absolute Gasteiger partial charge is 0.355 e. The molecule has 2 aliphatic rings. The zero-order valence-corrected chi connectivity index (χ0v) is 12.7. The van der Waals surface area contributed by atoms with Crippen molar-refractivity contribution in [3.8, 4) is 0 Å². The number of nitrogens with one attached hydrogen (secondary N) is 1. The Morgan fingerprint density at radius 3 is 2.62 bits per heavy atom. The number of hydrogen-bond acceptors (Lipinski definition) is 4. The number of aliphatic imine (C=N–C) groups is 1. The highest BCUT2D eigenvalue weighted by molar-refractivity contribution is 5.79. The quantitative estimate of drug-likeness (QED) is 0.798. The molecule has 6 nitrogen and oxygen atoms in total. The highest BCUT2D eigenvalue weighted by Crippen LogP contribution is 2.13. The van der Waals surface area contributed by atoms with Gasteiger partial charge in [0.15, 0.2) is 0 Å². The van der Waals surface area contributed by atoms with Crippen molar-refractivity contribution in [3.63, 3.8) is 0 Å². The van der Waals surface area contributed by atoms with Crippen LogP contribution in [0.1, 0.15) is 26.2 Å². The lowest BCUT2D eigenvalue weighted by Gasteiger charge is -2.34. The van der Waals surface area contributed by atoms with Gasteiger partial charge in [-0.25, -0.2) is 0 Å². The minimum absolute atomic E-state index is 0.00475. The van der Waals surface area contributed by atoms with Gasteiger partial charge in [-0.1, -0.05) is 6.08 Å². The van der Waals surface area contributed by atoms with Gasteiger partial charge in [-0.2, -0.15) is 0 Å². The van der Waals surface area contributed by atoms with Gasteiger partial charge >= 0.3 is 0 Å². The zero-order valence-electron chi connectivity index (χ0n) is 12.7. The van der Waals surface area contributed by atoms with Crippen molar-refractivity contribution in [1.29, 1.82) is 0 Å². The van der Waals surface area contributed by atoms with E-state index in [1.165, 1.54) is 6.92 Å². The van der Waals surface area contributed by atoms with E-state index in [-0.39, 0.29) is 11.8 Å². The van der Waals surface area contributed by atoms with Gasteiger partial charge in [0.1, 0.15) is 0 Å². The summed E-state index contributed by atoms with van der Waals surface area (Å²) in [7, 11) is 0. The number of carbonyl (C=O) groups excluding carboxylic acids is 2. The summed E-state index contributed by atoms with van der Waals surface area (Å²) >= 11 is 0. The third-order valence-corrected chi connectivity index (χ3v) is 3.79. The standard InChI is InChI=1S/C15H24N4O2/c1-13(20)16-6-7-18-8-10-19(11-9-18)15(21)12-14-4-2-3-5-17-14/h4-5H,2-3,6-12H2,1H3,(H,16,20). The maximum absolute atomic E-state index is 12.2. The Hall–Kier alpha value is -1.69. The van der Waals surface area contributed by atoms with Crippen LogP contribution in [-0.2, 0) is 9.59 Å². The minimum Gasteiger partial charge on any atom is -0.355 e. The second-order valence-electron chi connectivity index (χ2n) is 5.47. The van der Waals surface area contributed by atoms with Crippen molar-refractivity contribution in [1.82, 2.24) is 15.1 Å². The Bertz CT molecular complexity index is 437. The monoisotopic (exact) mass is 292 g/mol. The van der Waals surface area contributed by atoms with Crippen molar-refractivity contribution in [2.45, 2.75) is 26.2 Å². The number of allylic oxidation sites excluding steroid dienone is 1. The highest BCUT2D eigenvalue weighted by atomic mass is 16.2. The maximum Gasteiger partial charge on any atom is 0.228 e. The lowest BCUT2D eigenvalue weighted by molar-refractivity contribution is -0.132. The first-order chi connectivity index (χ1) is 10.1. The molecule has 2 heterocycles. The topological polar surface area (TPSA) is 65.0 Å². The molecule has 1 fully saturated rings. The second-order valence-corrected chi connectivity index (χ2v) is 5.47. The Labute approximate surface area is 125 Å². The molecule has 0 unspecified atom stereocenters. The number of rotatable bonds is 5. The van der Waals surface area contributed by atoms with Gasteiger partial charge in [0.2, 0.25) is 11.8 Å². The summed E-state index contributed by atoms with van der Waals surface area (Å²) < 4.78 is 0. The van der Waals surface area contributed by atoms with Crippen LogP contribution in [0.4, 0.5) is 0 Å². The Morgan fingerprint density at radius 1 is 1.24 bits per heavy atom. The normalized spacial score (nSPS) is 19.3. The molecule has 0 atom stereocenters. The van der Waals surface area contributed by atoms with Gasteiger partial charge in [-0.15, -0.1) is 0 Å². The summed E-state index contributed by atoms with van der Waals surface area (Å²) in [4.78, 5) is 31.5. The lowest BCUT2D eigenvalue weighted by Crippen LogP contribution is -2.50.